The molecule has 0 spiro atoms. The molecule has 4 aromatic rings. The molecule has 2 heterocycles. The molecule has 1 aromatic heterocycles. The van der Waals surface area contributed by atoms with Crippen molar-refractivity contribution in [1.82, 2.24) is 14.8 Å². The van der Waals surface area contributed by atoms with Crippen molar-refractivity contribution in [2.45, 2.75) is 13.2 Å². The molecule has 0 saturated carbocycles. The Bertz CT molecular complexity index is 1240. The van der Waals surface area contributed by atoms with E-state index in [0.29, 0.717) is 25.4 Å². The second-order valence-corrected chi connectivity index (χ2v) is 9.01. The summed E-state index contributed by atoms with van der Waals surface area (Å²) in [6, 6.07) is 19.9. The minimum atomic E-state index is -0.280. The van der Waals surface area contributed by atoms with Crippen LogP contribution in [0.15, 0.2) is 72.1 Å². The molecule has 33 heavy (non-hydrogen) atoms. The van der Waals surface area contributed by atoms with Crippen LogP contribution in [0.4, 0.5) is 4.39 Å². The van der Waals surface area contributed by atoms with E-state index in [4.69, 9.17) is 4.74 Å². The van der Waals surface area contributed by atoms with Gasteiger partial charge in [-0.25, -0.2) is 9.37 Å². The van der Waals surface area contributed by atoms with Crippen molar-refractivity contribution in [3.8, 4) is 5.75 Å². The summed E-state index contributed by atoms with van der Waals surface area (Å²) in [6.45, 7) is 4.15. The first-order chi connectivity index (χ1) is 16.2. The van der Waals surface area contributed by atoms with Crippen LogP contribution in [0.3, 0.4) is 0 Å². The first kappa shape index (κ1) is 21.6. The number of carbonyl (C=O) groups excluding carboxylic acids is 1. The molecule has 0 aliphatic carbocycles. The lowest BCUT2D eigenvalue weighted by Gasteiger charge is -2.34. The fourth-order valence-corrected chi connectivity index (χ4v) is 4.78. The van der Waals surface area contributed by atoms with E-state index >= 15 is 0 Å². The Kier molecular flexibility index (Phi) is 6.32. The number of amides is 1. The lowest BCUT2D eigenvalue weighted by atomic mass is 10.0. The van der Waals surface area contributed by atoms with Gasteiger partial charge in [0.25, 0.3) is 5.91 Å². The first-order valence-corrected chi connectivity index (χ1v) is 11.8. The van der Waals surface area contributed by atoms with E-state index in [1.165, 1.54) is 12.1 Å². The van der Waals surface area contributed by atoms with Crippen molar-refractivity contribution in [1.29, 1.82) is 0 Å². The van der Waals surface area contributed by atoms with E-state index in [2.05, 4.69) is 15.3 Å². The van der Waals surface area contributed by atoms with E-state index in [-0.39, 0.29) is 11.7 Å². The zero-order valence-corrected chi connectivity index (χ0v) is 18.9. The van der Waals surface area contributed by atoms with Crippen LogP contribution < -0.4 is 4.74 Å². The van der Waals surface area contributed by atoms with Gasteiger partial charge in [0, 0.05) is 43.7 Å². The summed E-state index contributed by atoms with van der Waals surface area (Å²) in [5.41, 5.74) is 1.78. The van der Waals surface area contributed by atoms with Crippen LogP contribution in [-0.2, 0) is 13.2 Å². The van der Waals surface area contributed by atoms with Gasteiger partial charge in [0.1, 0.15) is 23.2 Å². The fourth-order valence-electron chi connectivity index (χ4n) is 4.08. The highest BCUT2D eigenvalue weighted by Gasteiger charge is 2.23. The number of carbonyl (C=O) groups is 1. The number of hydrogen-bond donors (Lipinski definition) is 0. The molecule has 1 aliphatic rings. The van der Waals surface area contributed by atoms with Crippen LogP contribution in [0.1, 0.15) is 21.1 Å². The summed E-state index contributed by atoms with van der Waals surface area (Å²) < 4.78 is 18.7. The number of piperazine rings is 1. The number of halogens is 1. The summed E-state index contributed by atoms with van der Waals surface area (Å²) in [6.07, 6.45) is 0. The topological polar surface area (TPSA) is 45.7 Å². The van der Waals surface area contributed by atoms with Gasteiger partial charge >= 0.3 is 0 Å². The van der Waals surface area contributed by atoms with Crippen LogP contribution in [-0.4, -0.2) is 46.9 Å². The average Bonchev–Trinajstić information content (AvgIpc) is 3.30. The molecule has 0 atom stereocenters. The second-order valence-electron chi connectivity index (χ2n) is 8.07. The third kappa shape index (κ3) is 5.05. The van der Waals surface area contributed by atoms with Crippen LogP contribution in [0.5, 0.6) is 5.75 Å². The predicted octanol–water partition coefficient (Wildman–Crippen LogP) is 4.97. The molecule has 7 heteroatoms. The number of ether oxygens (including phenoxy) is 1. The van der Waals surface area contributed by atoms with Crippen molar-refractivity contribution < 1.29 is 13.9 Å². The van der Waals surface area contributed by atoms with Gasteiger partial charge in [-0.15, -0.1) is 11.3 Å². The van der Waals surface area contributed by atoms with Crippen molar-refractivity contribution in [2.75, 3.05) is 26.2 Å². The van der Waals surface area contributed by atoms with E-state index in [1.807, 2.05) is 47.4 Å². The number of nitrogens with zero attached hydrogens (tertiary/aromatic N) is 3. The Hall–Kier alpha value is -3.29. The summed E-state index contributed by atoms with van der Waals surface area (Å²) >= 11 is 1.56. The highest BCUT2D eigenvalue weighted by molar-refractivity contribution is 7.09. The molecule has 168 valence electrons. The van der Waals surface area contributed by atoms with E-state index < -0.39 is 0 Å². The summed E-state index contributed by atoms with van der Waals surface area (Å²) in [5, 5.41) is 5.03. The Morgan fingerprint density at radius 2 is 1.73 bits per heavy atom. The molecular formula is C26H24FN3O2S. The molecule has 3 aromatic carbocycles. The summed E-state index contributed by atoms with van der Waals surface area (Å²) in [5.74, 6) is 0.443. The summed E-state index contributed by atoms with van der Waals surface area (Å²) in [7, 11) is 0. The quantitative estimate of drug-likeness (QED) is 0.407. The number of fused-ring (bicyclic) bond motifs is 1. The molecule has 0 unspecified atom stereocenters. The Labute approximate surface area is 196 Å². The SMILES string of the molecule is O=C(c1cccc2ccccc12)N1CCN(Cc2csc(COc3ccc(F)cc3)n2)CC1. The zero-order chi connectivity index (χ0) is 22.6. The number of hydrogen-bond acceptors (Lipinski definition) is 5. The molecule has 1 saturated heterocycles. The molecule has 0 bridgehead atoms. The highest BCUT2D eigenvalue weighted by Crippen LogP contribution is 2.21. The molecule has 5 rings (SSSR count). The van der Waals surface area contributed by atoms with Crippen LogP contribution in [0.2, 0.25) is 0 Å². The maximum absolute atomic E-state index is 13.2. The average molecular weight is 462 g/mol. The van der Waals surface area contributed by atoms with Gasteiger partial charge in [0.15, 0.2) is 0 Å². The van der Waals surface area contributed by atoms with Crippen molar-refractivity contribution in [3.05, 3.63) is 94.2 Å². The molecule has 1 aliphatic heterocycles. The van der Waals surface area contributed by atoms with Crippen molar-refractivity contribution >= 4 is 28.0 Å². The fraction of sp³-hybridized carbons (Fsp3) is 0.231. The number of thiazole rings is 1. The van der Waals surface area contributed by atoms with E-state index in [9.17, 15) is 9.18 Å². The smallest absolute Gasteiger partial charge is 0.254 e. The lowest BCUT2D eigenvalue weighted by Crippen LogP contribution is -2.48. The van der Waals surface area contributed by atoms with Gasteiger partial charge in [0.05, 0.1) is 5.69 Å². The van der Waals surface area contributed by atoms with Gasteiger partial charge in [-0.05, 0) is 41.1 Å². The number of benzene rings is 3. The molecule has 1 amide bonds. The number of aromatic nitrogens is 1. The van der Waals surface area contributed by atoms with E-state index in [1.54, 1.807) is 23.5 Å². The van der Waals surface area contributed by atoms with Gasteiger partial charge < -0.3 is 9.64 Å². The standard InChI is InChI=1S/C26H24FN3O2S/c27-20-8-10-22(11-9-20)32-17-25-28-21(18-33-25)16-29-12-14-30(15-13-29)26(31)24-7-3-5-19-4-1-2-6-23(19)24/h1-11,18H,12-17H2. The van der Waals surface area contributed by atoms with Crippen molar-refractivity contribution in [2.24, 2.45) is 0 Å². The third-order valence-electron chi connectivity index (χ3n) is 5.84. The molecule has 0 N–H and O–H groups in total. The lowest BCUT2D eigenvalue weighted by molar-refractivity contribution is 0.0629. The van der Waals surface area contributed by atoms with Crippen molar-refractivity contribution in [3.63, 3.8) is 0 Å². The van der Waals surface area contributed by atoms with Crippen LogP contribution >= 0.6 is 11.3 Å². The minimum absolute atomic E-state index is 0.0975. The largest absolute Gasteiger partial charge is 0.486 e. The molecule has 1 fully saturated rings. The van der Waals surface area contributed by atoms with E-state index in [0.717, 1.165) is 46.7 Å². The highest BCUT2D eigenvalue weighted by atomic mass is 32.1. The normalized spacial score (nSPS) is 14.5. The maximum Gasteiger partial charge on any atom is 0.254 e. The first-order valence-electron chi connectivity index (χ1n) is 11.0. The Morgan fingerprint density at radius 3 is 2.55 bits per heavy atom. The number of rotatable bonds is 6. The summed E-state index contributed by atoms with van der Waals surface area (Å²) in [4.78, 5) is 22.1. The minimum Gasteiger partial charge on any atom is -0.486 e. The molecule has 5 nitrogen and oxygen atoms in total. The molecule has 0 radical (unpaired) electrons. The predicted molar refractivity (Wildman–Crippen MR) is 128 cm³/mol. The zero-order valence-electron chi connectivity index (χ0n) is 18.1. The van der Waals surface area contributed by atoms with Crippen LogP contribution in [0.25, 0.3) is 10.8 Å². The third-order valence-corrected chi connectivity index (χ3v) is 6.71. The maximum atomic E-state index is 13.2. The Morgan fingerprint density at radius 1 is 0.970 bits per heavy atom. The van der Waals surface area contributed by atoms with Gasteiger partial charge in [-0.2, -0.15) is 0 Å². The van der Waals surface area contributed by atoms with Crippen LogP contribution in [0, 0.1) is 5.82 Å². The monoisotopic (exact) mass is 461 g/mol. The second kappa shape index (κ2) is 9.68. The Balaban J connectivity index is 1.14. The van der Waals surface area contributed by atoms with Gasteiger partial charge in [0.2, 0.25) is 0 Å². The van der Waals surface area contributed by atoms with Gasteiger partial charge in [-0.3, -0.25) is 9.69 Å². The molecular weight excluding hydrogens is 437 g/mol. The van der Waals surface area contributed by atoms with Gasteiger partial charge in [-0.1, -0.05) is 36.4 Å².